The van der Waals surface area contributed by atoms with Crippen molar-refractivity contribution >= 4 is 11.6 Å². The Balaban J connectivity index is 2.14. The molecular formula is C15H14FNO2. The lowest BCUT2D eigenvalue weighted by Gasteiger charge is -2.18. The lowest BCUT2D eigenvalue weighted by molar-refractivity contribution is -0.117. The number of benzene rings is 2. The fraction of sp³-hybridized carbons (Fsp3) is 0.133. The summed E-state index contributed by atoms with van der Waals surface area (Å²) in [5.74, 6) is -0.566. The van der Waals surface area contributed by atoms with Crippen molar-refractivity contribution in [2.45, 2.75) is 6.42 Å². The fourth-order valence-electron chi connectivity index (χ4n) is 1.82. The number of hydrogen-bond donors (Lipinski definition) is 1. The Morgan fingerprint density at radius 2 is 1.95 bits per heavy atom. The number of phenols is 1. The summed E-state index contributed by atoms with van der Waals surface area (Å²) in [6, 6.07) is 12.6. The van der Waals surface area contributed by atoms with Gasteiger partial charge in [0.25, 0.3) is 0 Å². The summed E-state index contributed by atoms with van der Waals surface area (Å²) in [6.45, 7) is 0. The summed E-state index contributed by atoms with van der Waals surface area (Å²) in [4.78, 5) is 13.3. The fourth-order valence-corrected chi connectivity index (χ4v) is 1.82. The van der Waals surface area contributed by atoms with Crippen LogP contribution in [0.2, 0.25) is 0 Å². The van der Waals surface area contributed by atoms with E-state index in [0.29, 0.717) is 5.56 Å². The predicted octanol–water partition coefficient (Wildman–Crippen LogP) is 2.74. The quantitative estimate of drug-likeness (QED) is 0.920. The third-order valence-electron chi connectivity index (χ3n) is 2.85. The standard InChI is InChI=1S/C15H14FNO2/c1-17(14-8-3-2-7-13(14)16)15(19)10-11-5-4-6-12(18)9-11/h2-9,18H,10H2,1H3. The molecule has 4 heteroatoms. The zero-order valence-corrected chi connectivity index (χ0v) is 10.5. The Bertz CT molecular complexity index is 598. The normalized spacial score (nSPS) is 10.2. The van der Waals surface area contributed by atoms with Crippen molar-refractivity contribution in [3.8, 4) is 5.75 Å². The SMILES string of the molecule is CN(C(=O)Cc1cccc(O)c1)c1ccccc1F. The smallest absolute Gasteiger partial charge is 0.231 e. The number of hydrogen-bond acceptors (Lipinski definition) is 2. The van der Waals surface area contributed by atoms with E-state index in [1.165, 1.54) is 30.1 Å². The molecule has 0 unspecified atom stereocenters. The highest BCUT2D eigenvalue weighted by Gasteiger charge is 2.14. The first-order valence-corrected chi connectivity index (χ1v) is 5.87. The predicted molar refractivity (Wildman–Crippen MR) is 71.6 cm³/mol. The minimum absolute atomic E-state index is 0.110. The van der Waals surface area contributed by atoms with Gasteiger partial charge in [0, 0.05) is 7.05 Å². The van der Waals surface area contributed by atoms with Crippen molar-refractivity contribution < 1.29 is 14.3 Å². The number of carbonyl (C=O) groups excluding carboxylic acids is 1. The van der Waals surface area contributed by atoms with Crippen LogP contribution in [0.4, 0.5) is 10.1 Å². The molecule has 98 valence electrons. The Labute approximate surface area is 110 Å². The molecular weight excluding hydrogens is 245 g/mol. The van der Waals surface area contributed by atoms with E-state index >= 15 is 0 Å². The first kappa shape index (κ1) is 13.1. The number of amides is 1. The number of para-hydroxylation sites is 1. The van der Waals surface area contributed by atoms with Gasteiger partial charge >= 0.3 is 0 Å². The third kappa shape index (κ3) is 3.10. The van der Waals surface area contributed by atoms with E-state index in [9.17, 15) is 14.3 Å². The van der Waals surface area contributed by atoms with Crippen LogP contribution in [0.1, 0.15) is 5.56 Å². The molecule has 2 aromatic carbocycles. The van der Waals surface area contributed by atoms with Crippen molar-refractivity contribution in [3.63, 3.8) is 0 Å². The number of phenolic OH excluding ortho intramolecular Hbond substituents is 1. The molecule has 2 rings (SSSR count). The molecule has 0 radical (unpaired) electrons. The zero-order valence-electron chi connectivity index (χ0n) is 10.5. The summed E-state index contributed by atoms with van der Waals surface area (Å²) < 4.78 is 13.6. The number of carbonyl (C=O) groups is 1. The minimum atomic E-state index is -0.436. The number of nitrogens with zero attached hydrogens (tertiary/aromatic N) is 1. The van der Waals surface area contributed by atoms with Gasteiger partial charge in [-0.15, -0.1) is 0 Å². The summed E-state index contributed by atoms with van der Waals surface area (Å²) >= 11 is 0. The van der Waals surface area contributed by atoms with Gasteiger partial charge < -0.3 is 10.0 Å². The second kappa shape index (κ2) is 5.52. The number of halogens is 1. The van der Waals surface area contributed by atoms with Gasteiger partial charge in [0.2, 0.25) is 5.91 Å². The van der Waals surface area contributed by atoms with Crippen LogP contribution in [0.3, 0.4) is 0 Å². The molecule has 0 saturated carbocycles. The van der Waals surface area contributed by atoms with Gasteiger partial charge in [0.15, 0.2) is 0 Å². The average Bonchev–Trinajstić information content (AvgIpc) is 2.38. The summed E-state index contributed by atoms with van der Waals surface area (Å²) in [5.41, 5.74) is 0.931. The second-order valence-corrected chi connectivity index (χ2v) is 4.25. The van der Waals surface area contributed by atoms with Crippen LogP contribution < -0.4 is 4.90 Å². The van der Waals surface area contributed by atoms with Gasteiger partial charge in [-0.3, -0.25) is 4.79 Å². The van der Waals surface area contributed by atoms with Gasteiger partial charge in [0.1, 0.15) is 11.6 Å². The molecule has 0 atom stereocenters. The molecule has 0 aromatic heterocycles. The van der Waals surface area contributed by atoms with Gasteiger partial charge in [-0.1, -0.05) is 24.3 Å². The van der Waals surface area contributed by atoms with E-state index in [0.717, 1.165) is 0 Å². The first-order valence-electron chi connectivity index (χ1n) is 5.87. The van der Waals surface area contributed by atoms with Crippen LogP contribution in [0.5, 0.6) is 5.75 Å². The molecule has 0 aliphatic rings. The highest BCUT2D eigenvalue weighted by molar-refractivity contribution is 5.94. The molecule has 0 aliphatic carbocycles. The maximum Gasteiger partial charge on any atom is 0.231 e. The Kier molecular flexibility index (Phi) is 3.80. The minimum Gasteiger partial charge on any atom is -0.508 e. The van der Waals surface area contributed by atoms with Crippen LogP contribution in [0.25, 0.3) is 0 Å². The lowest BCUT2D eigenvalue weighted by atomic mass is 10.1. The van der Waals surface area contributed by atoms with Crippen LogP contribution in [0, 0.1) is 5.82 Å². The van der Waals surface area contributed by atoms with E-state index in [1.54, 1.807) is 30.3 Å². The monoisotopic (exact) mass is 259 g/mol. The number of aromatic hydroxyl groups is 1. The van der Waals surface area contributed by atoms with Gasteiger partial charge in [-0.25, -0.2) is 4.39 Å². The van der Waals surface area contributed by atoms with E-state index in [2.05, 4.69) is 0 Å². The van der Waals surface area contributed by atoms with Crippen molar-refractivity contribution in [1.82, 2.24) is 0 Å². The van der Waals surface area contributed by atoms with Crippen molar-refractivity contribution in [2.24, 2.45) is 0 Å². The maximum atomic E-state index is 13.6. The molecule has 1 amide bonds. The second-order valence-electron chi connectivity index (χ2n) is 4.25. The van der Waals surface area contributed by atoms with Crippen molar-refractivity contribution in [3.05, 3.63) is 59.9 Å². The van der Waals surface area contributed by atoms with Gasteiger partial charge in [-0.05, 0) is 29.8 Å². The van der Waals surface area contributed by atoms with E-state index < -0.39 is 5.82 Å². The molecule has 0 heterocycles. The van der Waals surface area contributed by atoms with Gasteiger partial charge in [0.05, 0.1) is 12.1 Å². The number of rotatable bonds is 3. The molecule has 0 spiro atoms. The van der Waals surface area contributed by atoms with Crippen LogP contribution in [-0.4, -0.2) is 18.1 Å². The molecule has 2 aromatic rings. The van der Waals surface area contributed by atoms with E-state index in [4.69, 9.17) is 0 Å². The van der Waals surface area contributed by atoms with Crippen molar-refractivity contribution in [2.75, 3.05) is 11.9 Å². The third-order valence-corrected chi connectivity index (χ3v) is 2.85. The summed E-state index contributed by atoms with van der Waals surface area (Å²) in [6.07, 6.45) is 0.110. The first-order chi connectivity index (χ1) is 9.08. The maximum absolute atomic E-state index is 13.6. The molecule has 3 nitrogen and oxygen atoms in total. The van der Waals surface area contributed by atoms with E-state index in [-0.39, 0.29) is 23.8 Å². The molecule has 0 saturated heterocycles. The van der Waals surface area contributed by atoms with Gasteiger partial charge in [-0.2, -0.15) is 0 Å². The van der Waals surface area contributed by atoms with Crippen LogP contribution in [0.15, 0.2) is 48.5 Å². The average molecular weight is 259 g/mol. The molecule has 1 N–H and O–H groups in total. The highest BCUT2D eigenvalue weighted by Crippen LogP contribution is 2.19. The zero-order chi connectivity index (χ0) is 13.8. The molecule has 0 fully saturated rings. The lowest BCUT2D eigenvalue weighted by Crippen LogP contribution is -2.28. The molecule has 0 bridgehead atoms. The Morgan fingerprint density at radius 3 is 2.63 bits per heavy atom. The highest BCUT2D eigenvalue weighted by atomic mass is 19.1. The Morgan fingerprint density at radius 1 is 1.21 bits per heavy atom. The van der Waals surface area contributed by atoms with Crippen LogP contribution in [-0.2, 0) is 11.2 Å². The van der Waals surface area contributed by atoms with Crippen molar-refractivity contribution in [1.29, 1.82) is 0 Å². The summed E-state index contributed by atoms with van der Waals surface area (Å²) in [7, 11) is 1.53. The van der Waals surface area contributed by atoms with E-state index in [1.807, 2.05) is 0 Å². The summed E-state index contributed by atoms with van der Waals surface area (Å²) in [5, 5.41) is 9.34. The Hall–Kier alpha value is -2.36. The number of anilines is 1. The topological polar surface area (TPSA) is 40.5 Å². The largest absolute Gasteiger partial charge is 0.508 e. The molecule has 0 aliphatic heterocycles. The number of likely N-dealkylation sites (N-methyl/N-ethyl adjacent to an activating group) is 1. The molecule has 19 heavy (non-hydrogen) atoms. The van der Waals surface area contributed by atoms with Crippen LogP contribution >= 0.6 is 0 Å².